The van der Waals surface area contributed by atoms with Crippen LogP contribution in [0.25, 0.3) is 0 Å². The van der Waals surface area contributed by atoms with Gasteiger partial charge in [-0.2, -0.15) is 0 Å². The van der Waals surface area contributed by atoms with Gasteiger partial charge in [-0.05, 0) is 19.1 Å². The van der Waals surface area contributed by atoms with Crippen LogP contribution in [0.4, 0.5) is 0 Å². The van der Waals surface area contributed by atoms with Crippen molar-refractivity contribution in [1.29, 1.82) is 0 Å². The molecule has 0 aromatic carbocycles. The zero-order valence-electron chi connectivity index (χ0n) is 7.67. The molecule has 5 heteroatoms. The van der Waals surface area contributed by atoms with Gasteiger partial charge in [-0.15, -0.1) is 0 Å². The van der Waals surface area contributed by atoms with Crippen molar-refractivity contribution in [3.8, 4) is 0 Å². The molecule has 0 fully saturated rings. The Balaban J connectivity index is 2.89. The van der Waals surface area contributed by atoms with E-state index in [-0.39, 0.29) is 18.0 Å². The molecule has 0 atom stereocenters. The van der Waals surface area contributed by atoms with Crippen molar-refractivity contribution in [3.05, 3.63) is 30.1 Å². The van der Waals surface area contributed by atoms with Gasteiger partial charge in [0.25, 0.3) is 0 Å². The van der Waals surface area contributed by atoms with E-state index in [9.17, 15) is 4.79 Å². The second kappa shape index (κ2) is 4.96. The van der Waals surface area contributed by atoms with Gasteiger partial charge < -0.3 is 9.94 Å². The summed E-state index contributed by atoms with van der Waals surface area (Å²) in [7, 11) is 0. The van der Waals surface area contributed by atoms with E-state index in [4.69, 9.17) is 5.21 Å². The topological polar surface area (TPSA) is 71.8 Å². The molecular formula is C9H10N2O3. The van der Waals surface area contributed by atoms with Crippen molar-refractivity contribution in [3.63, 3.8) is 0 Å². The van der Waals surface area contributed by atoms with Gasteiger partial charge in [-0.1, -0.05) is 11.2 Å². The molecule has 1 rings (SSSR count). The number of rotatable bonds is 3. The molecule has 0 radical (unpaired) electrons. The monoisotopic (exact) mass is 194 g/mol. The van der Waals surface area contributed by atoms with Crippen molar-refractivity contribution < 1.29 is 14.7 Å². The normalized spacial score (nSPS) is 11.1. The molecule has 14 heavy (non-hydrogen) atoms. The summed E-state index contributed by atoms with van der Waals surface area (Å²) < 4.78 is 4.68. The number of aromatic nitrogens is 1. The first-order valence-electron chi connectivity index (χ1n) is 4.10. The lowest BCUT2D eigenvalue weighted by Crippen LogP contribution is -2.19. The van der Waals surface area contributed by atoms with Gasteiger partial charge in [0.2, 0.25) is 5.71 Å². The number of hydrogen-bond donors (Lipinski definition) is 1. The fourth-order valence-corrected chi connectivity index (χ4v) is 0.899. The fraction of sp³-hybridized carbons (Fsp3) is 0.222. The van der Waals surface area contributed by atoms with Crippen LogP contribution in [-0.2, 0) is 9.53 Å². The zero-order valence-corrected chi connectivity index (χ0v) is 7.67. The predicted molar refractivity (Wildman–Crippen MR) is 49.2 cm³/mol. The molecule has 0 aliphatic rings. The molecule has 5 nitrogen and oxygen atoms in total. The molecule has 74 valence electrons. The molecule has 1 N–H and O–H groups in total. The molecule has 0 unspecified atom stereocenters. The molecule has 0 bridgehead atoms. The van der Waals surface area contributed by atoms with Crippen LogP contribution in [0.1, 0.15) is 12.6 Å². The number of oxime groups is 1. The lowest BCUT2D eigenvalue weighted by molar-refractivity contribution is -0.135. The van der Waals surface area contributed by atoms with Crippen LogP contribution in [0.2, 0.25) is 0 Å². The molecule has 1 heterocycles. The number of pyridine rings is 1. The Bertz CT molecular complexity index is 335. The molecule has 1 aromatic heterocycles. The summed E-state index contributed by atoms with van der Waals surface area (Å²) in [6, 6.07) is 4.95. The van der Waals surface area contributed by atoms with Crippen LogP contribution in [0.5, 0.6) is 0 Å². The van der Waals surface area contributed by atoms with E-state index in [1.807, 2.05) is 0 Å². The minimum absolute atomic E-state index is 0.188. The van der Waals surface area contributed by atoms with Gasteiger partial charge in [0.1, 0.15) is 0 Å². The highest BCUT2D eigenvalue weighted by molar-refractivity contribution is 6.42. The molecular weight excluding hydrogens is 184 g/mol. The van der Waals surface area contributed by atoms with Crippen molar-refractivity contribution in [1.82, 2.24) is 4.98 Å². The SMILES string of the molecule is CCOC(=O)/C(=N\O)c1ccccn1. The third-order valence-corrected chi connectivity index (χ3v) is 1.48. The Labute approximate surface area is 81.0 Å². The molecule has 0 saturated carbocycles. The van der Waals surface area contributed by atoms with Crippen molar-refractivity contribution >= 4 is 11.7 Å². The Hall–Kier alpha value is -1.91. The molecule has 0 amide bonds. The summed E-state index contributed by atoms with van der Waals surface area (Å²) in [5.41, 5.74) is 0.0981. The minimum Gasteiger partial charge on any atom is -0.461 e. The van der Waals surface area contributed by atoms with Crippen LogP contribution in [0.15, 0.2) is 29.6 Å². The van der Waals surface area contributed by atoms with Gasteiger partial charge in [0.05, 0.1) is 12.3 Å². The highest BCUT2D eigenvalue weighted by Crippen LogP contribution is 1.98. The van der Waals surface area contributed by atoms with Gasteiger partial charge in [-0.25, -0.2) is 4.79 Å². The van der Waals surface area contributed by atoms with Crippen molar-refractivity contribution in [2.24, 2.45) is 5.16 Å². The molecule has 0 aliphatic carbocycles. The van der Waals surface area contributed by atoms with E-state index in [0.717, 1.165) is 0 Å². The third-order valence-electron chi connectivity index (χ3n) is 1.48. The second-order valence-corrected chi connectivity index (χ2v) is 2.38. The van der Waals surface area contributed by atoms with Gasteiger partial charge >= 0.3 is 5.97 Å². The lowest BCUT2D eigenvalue weighted by Gasteiger charge is -2.02. The highest BCUT2D eigenvalue weighted by Gasteiger charge is 2.16. The molecule has 0 aliphatic heterocycles. The quantitative estimate of drug-likeness (QED) is 0.334. The lowest BCUT2D eigenvalue weighted by atomic mass is 10.2. The molecule has 0 spiro atoms. The van der Waals surface area contributed by atoms with E-state index in [1.165, 1.54) is 6.20 Å². The van der Waals surface area contributed by atoms with Crippen LogP contribution >= 0.6 is 0 Å². The average Bonchev–Trinajstić information content (AvgIpc) is 2.21. The standard InChI is InChI=1S/C9H10N2O3/c1-2-14-9(12)8(11-13)7-5-3-4-6-10-7/h3-6,13H,2H2,1H3/b11-8-. The van der Waals surface area contributed by atoms with Crippen molar-refractivity contribution in [2.45, 2.75) is 6.92 Å². The van der Waals surface area contributed by atoms with Crippen LogP contribution in [-0.4, -0.2) is 28.5 Å². The number of esters is 1. The summed E-state index contributed by atoms with van der Waals surface area (Å²) in [4.78, 5) is 15.1. The first-order chi connectivity index (χ1) is 6.79. The molecule has 1 aromatic rings. The number of carbonyl (C=O) groups is 1. The summed E-state index contributed by atoms with van der Waals surface area (Å²) in [5, 5.41) is 11.5. The largest absolute Gasteiger partial charge is 0.461 e. The van der Waals surface area contributed by atoms with E-state index in [0.29, 0.717) is 0 Å². The van der Waals surface area contributed by atoms with Gasteiger partial charge in [-0.3, -0.25) is 4.98 Å². The number of hydrogen-bond acceptors (Lipinski definition) is 5. The fourth-order valence-electron chi connectivity index (χ4n) is 0.899. The van der Waals surface area contributed by atoms with E-state index >= 15 is 0 Å². The maximum atomic E-state index is 11.2. The maximum Gasteiger partial charge on any atom is 0.362 e. The summed E-state index contributed by atoms with van der Waals surface area (Å²) in [6.07, 6.45) is 1.50. The summed E-state index contributed by atoms with van der Waals surface area (Å²) >= 11 is 0. The first kappa shape index (κ1) is 10.2. The Kier molecular flexibility index (Phi) is 3.60. The van der Waals surface area contributed by atoms with E-state index in [2.05, 4.69) is 14.9 Å². The first-order valence-corrected chi connectivity index (χ1v) is 4.10. The average molecular weight is 194 g/mol. The zero-order chi connectivity index (χ0) is 10.4. The minimum atomic E-state index is -0.686. The van der Waals surface area contributed by atoms with E-state index < -0.39 is 5.97 Å². The number of carbonyl (C=O) groups excluding carboxylic acids is 1. The number of ether oxygens (including phenoxy) is 1. The smallest absolute Gasteiger partial charge is 0.362 e. The highest BCUT2D eigenvalue weighted by atomic mass is 16.5. The predicted octanol–water partition coefficient (Wildman–Crippen LogP) is 0.823. The summed E-state index contributed by atoms with van der Waals surface area (Å²) in [5.74, 6) is -0.686. The van der Waals surface area contributed by atoms with Crippen molar-refractivity contribution in [2.75, 3.05) is 6.61 Å². The maximum absolute atomic E-state index is 11.2. The van der Waals surface area contributed by atoms with Crippen LogP contribution in [0.3, 0.4) is 0 Å². The molecule has 0 saturated heterocycles. The Morgan fingerprint density at radius 1 is 1.64 bits per heavy atom. The van der Waals surface area contributed by atoms with Gasteiger partial charge in [0, 0.05) is 6.20 Å². The second-order valence-electron chi connectivity index (χ2n) is 2.38. The Morgan fingerprint density at radius 3 is 2.93 bits per heavy atom. The van der Waals surface area contributed by atoms with Crippen LogP contribution < -0.4 is 0 Å². The summed E-state index contributed by atoms with van der Waals surface area (Å²) in [6.45, 7) is 1.90. The van der Waals surface area contributed by atoms with E-state index in [1.54, 1.807) is 25.1 Å². The Morgan fingerprint density at radius 2 is 2.43 bits per heavy atom. The third kappa shape index (κ3) is 2.29. The number of nitrogens with zero attached hydrogens (tertiary/aromatic N) is 2. The van der Waals surface area contributed by atoms with Crippen LogP contribution in [0, 0.1) is 0 Å². The van der Waals surface area contributed by atoms with Gasteiger partial charge in [0.15, 0.2) is 0 Å².